The van der Waals surface area contributed by atoms with Crippen LogP contribution in [0.2, 0.25) is 0 Å². The van der Waals surface area contributed by atoms with Crippen LogP contribution in [-0.4, -0.2) is 23.1 Å². The molecule has 2 aromatic rings. The van der Waals surface area contributed by atoms with E-state index in [4.69, 9.17) is 0 Å². The molecule has 1 aromatic heterocycles. The minimum atomic E-state index is 0. The quantitative estimate of drug-likeness (QED) is 0.808. The Bertz CT molecular complexity index is 525. The van der Waals surface area contributed by atoms with Crippen LogP contribution in [0.3, 0.4) is 0 Å². The van der Waals surface area contributed by atoms with Gasteiger partial charge in [-0.05, 0) is 41.5 Å². The molecule has 1 aliphatic carbocycles. The first kappa shape index (κ1) is 13.5. The zero-order valence-corrected chi connectivity index (χ0v) is 11.4. The molecule has 1 aromatic carbocycles. The van der Waals surface area contributed by atoms with Crippen molar-refractivity contribution in [3.63, 3.8) is 0 Å². The zero-order chi connectivity index (χ0) is 10.5. The lowest BCUT2D eigenvalue weighted by molar-refractivity contribution is 0.454. The first-order chi connectivity index (χ1) is 7.92. The Morgan fingerprint density at radius 2 is 1.39 bits per heavy atom. The van der Waals surface area contributed by atoms with Gasteiger partial charge in [-0.1, -0.05) is 0 Å². The number of benzene rings is 1. The van der Waals surface area contributed by atoms with Crippen LogP contribution >= 0.6 is 24.8 Å². The average molecular weight is 284 g/mol. The molecule has 18 heavy (non-hydrogen) atoms. The molecular formula is C13H15Cl2N3. The van der Waals surface area contributed by atoms with Crippen molar-refractivity contribution in [2.75, 3.05) is 13.1 Å². The Labute approximate surface area is 118 Å². The van der Waals surface area contributed by atoms with Crippen LogP contribution in [0.1, 0.15) is 29.4 Å². The molecule has 1 N–H and O–H groups in total. The minimum Gasteiger partial charge on any atom is -0.316 e. The van der Waals surface area contributed by atoms with Crippen LogP contribution in [0.25, 0.3) is 11.0 Å². The van der Waals surface area contributed by atoms with Crippen molar-refractivity contribution in [1.82, 2.24) is 15.3 Å². The Morgan fingerprint density at radius 3 is 1.89 bits per heavy atom. The standard InChI is InChI=1S/C13H13N3.2ClH/c1-2-16-13-5-11-9-3-8(6-14-7-9)10(11)4-12(13)15-1;;/h1-2,4-5,8-9,14H,3,6-7H2;2*1H/t8-,9-;;/m1../s1. The van der Waals surface area contributed by atoms with Crippen molar-refractivity contribution >= 4 is 35.8 Å². The number of aromatic nitrogens is 2. The summed E-state index contributed by atoms with van der Waals surface area (Å²) in [6, 6.07) is 4.49. The van der Waals surface area contributed by atoms with Gasteiger partial charge in [0.25, 0.3) is 0 Å². The summed E-state index contributed by atoms with van der Waals surface area (Å²) >= 11 is 0. The molecule has 2 bridgehead atoms. The number of halogens is 2. The van der Waals surface area contributed by atoms with Crippen molar-refractivity contribution in [1.29, 1.82) is 0 Å². The molecule has 0 spiro atoms. The summed E-state index contributed by atoms with van der Waals surface area (Å²) < 4.78 is 0. The third kappa shape index (κ3) is 1.87. The number of hydrogen-bond acceptors (Lipinski definition) is 3. The van der Waals surface area contributed by atoms with E-state index < -0.39 is 0 Å². The highest BCUT2D eigenvalue weighted by atomic mass is 35.5. The Hall–Kier alpha value is -0.900. The number of rotatable bonds is 0. The monoisotopic (exact) mass is 283 g/mol. The third-order valence-electron chi connectivity index (χ3n) is 3.90. The molecule has 1 saturated heterocycles. The lowest BCUT2D eigenvalue weighted by Crippen LogP contribution is -2.28. The molecule has 2 aliphatic rings. The van der Waals surface area contributed by atoms with E-state index in [1.54, 1.807) is 12.4 Å². The topological polar surface area (TPSA) is 37.8 Å². The molecule has 1 fully saturated rings. The van der Waals surface area contributed by atoms with Gasteiger partial charge in [0, 0.05) is 25.5 Å². The Morgan fingerprint density at radius 1 is 0.889 bits per heavy atom. The fourth-order valence-corrected chi connectivity index (χ4v) is 3.17. The fourth-order valence-electron chi connectivity index (χ4n) is 3.17. The minimum absolute atomic E-state index is 0. The van der Waals surface area contributed by atoms with Gasteiger partial charge in [0.05, 0.1) is 11.0 Å². The molecular weight excluding hydrogens is 269 g/mol. The van der Waals surface area contributed by atoms with Gasteiger partial charge in [-0.15, -0.1) is 24.8 Å². The Balaban J connectivity index is 0.000000602. The summed E-state index contributed by atoms with van der Waals surface area (Å²) in [7, 11) is 0. The molecule has 2 atom stereocenters. The van der Waals surface area contributed by atoms with Gasteiger partial charge in [0.1, 0.15) is 0 Å². The fraction of sp³-hybridized carbons (Fsp3) is 0.385. The summed E-state index contributed by atoms with van der Waals surface area (Å²) in [5.74, 6) is 1.39. The van der Waals surface area contributed by atoms with Crippen molar-refractivity contribution in [2.45, 2.75) is 18.3 Å². The van der Waals surface area contributed by atoms with E-state index in [1.807, 2.05) is 0 Å². The van der Waals surface area contributed by atoms with Crippen molar-refractivity contribution < 1.29 is 0 Å². The normalized spacial score (nSPS) is 24.0. The molecule has 5 heteroatoms. The number of hydrogen-bond donors (Lipinski definition) is 1. The maximum absolute atomic E-state index is 4.39. The first-order valence-electron chi connectivity index (χ1n) is 5.87. The zero-order valence-electron chi connectivity index (χ0n) is 9.80. The molecule has 0 unspecified atom stereocenters. The van der Waals surface area contributed by atoms with Gasteiger partial charge >= 0.3 is 0 Å². The highest BCUT2D eigenvalue weighted by Gasteiger charge is 2.34. The van der Waals surface area contributed by atoms with Gasteiger partial charge < -0.3 is 5.32 Å². The summed E-state index contributed by atoms with van der Waals surface area (Å²) in [6.45, 7) is 2.24. The average Bonchev–Trinajstić information content (AvgIpc) is 2.59. The van der Waals surface area contributed by atoms with Crippen LogP contribution < -0.4 is 5.32 Å². The summed E-state index contributed by atoms with van der Waals surface area (Å²) in [5, 5.41) is 3.51. The maximum Gasteiger partial charge on any atom is 0.0889 e. The predicted molar refractivity (Wildman–Crippen MR) is 77.0 cm³/mol. The van der Waals surface area contributed by atoms with Crippen molar-refractivity contribution in [2.24, 2.45) is 0 Å². The molecule has 4 rings (SSSR count). The number of fused-ring (bicyclic) bond motifs is 6. The molecule has 3 nitrogen and oxygen atoms in total. The second kappa shape index (κ2) is 5.00. The Kier molecular flexibility index (Phi) is 3.76. The maximum atomic E-state index is 4.39. The van der Waals surface area contributed by atoms with Crippen LogP contribution in [0.15, 0.2) is 24.5 Å². The molecule has 96 valence electrons. The van der Waals surface area contributed by atoms with E-state index in [-0.39, 0.29) is 24.8 Å². The van der Waals surface area contributed by atoms with E-state index >= 15 is 0 Å². The van der Waals surface area contributed by atoms with Gasteiger partial charge in [-0.2, -0.15) is 0 Å². The number of nitrogens with zero attached hydrogens (tertiary/aromatic N) is 2. The summed E-state index contributed by atoms with van der Waals surface area (Å²) in [4.78, 5) is 8.78. The van der Waals surface area contributed by atoms with Crippen molar-refractivity contribution in [3.05, 3.63) is 35.7 Å². The molecule has 0 amide bonds. The van der Waals surface area contributed by atoms with Gasteiger partial charge in [-0.25, -0.2) is 0 Å². The molecule has 1 aliphatic heterocycles. The van der Waals surface area contributed by atoms with Crippen LogP contribution in [0.4, 0.5) is 0 Å². The van der Waals surface area contributed by atoms with Crippen molar-refractivity contribution in [3.8, 4) is 0 Å². The highest BCUT2D eigenvalue weighted by molar-refractivity contribution is 5.85. The van der Waals surface area contributed by atoms with Gasteiger partial charge in [-0.3, -0.25) is 9.97 Å². The van der Waals surface area contributed by atoms with E-state index in [0.29, 0.717) is 11.8 Å². The van der Waals surface area contributed by atoms with E-state index in [9.17, 15) is 0 Å². The largest absolute Gasteiger partial charge is 0.316 e. The smallest absolute Gasteiger partial charge is 0.0889 e. The van der Waals surface area contributed by atoms with E-state index in [1.165, 1.54) is 17.5 Å². The molecule has 2 heterocycles. The second-order valence-electron chi connectivity index (χ2n) is 4.81. The molecule has 0 saturated carbocycles. The summed E-state index contributed by atoms with van der Waals surface area (Å²) in [6.07, 6.45) is 4.85. The van der Waals surface area contributed by atoms with Crippen LogP contribution in [0, 0.1) is 0 Å². The van der Waals surface area contributed by atoms with Crippen LogP contribution in [0.5, 0.6) is 0 Å². The summed E-state index contributed by atoms with van der Waals surface area (Å²) in [5.41, 5.74) is 5.08. The van der Waals surface area contributed by atoms with Crippen LogP contribution in [-0.2, 0) is 0 Å². The molecule has 0 radical (unpaired) electrons. The predicted octanol–water partition coefficient (Wildman–Crippen LogP) is 2.65. The lowest BCUT2D eigenvalue weighted by Gasteiger charge is -2.19. The van der Waals surface area contributed by atoms with Gasteiger partial charge in [0.15, 0.2) is 0 Å². The number of piperidine rings is 1. The lowest BCUT2D eigenvalue weighted by atomic mass is 9.98. The second-order valence-corrected chi connectivity index (χ2v) is 4.81. The first-order valence-corrected chi connectivity index (χ1v) is 5.87. The highest BCUT2D eigenvalue weighted by Crippen LogP contribution is 2.44. The number of nitrogens with one attached hydrogen (secondary N) is 1. The van der Waals surface area contributed by atoms with E-state index in [0.717, 1.165) is 24.1 Å². The SMILES string of the molecule is Cl.Cl.c1cnc2cc3c(cc2n1)[C@H]1CNC[C@H]3C1. The van der Waals surface area contributed by atoms with E-state index in [2.05, 4.69) is 27.4 Å². The van der Waals surface area contributed by atoms with Gasteiger partial charge in [0.2, 0.25) is 0 Å². The third-order valence-corrected chi connectivity index (χ3v) is 3.90.